The summed E-state index contributed by atoms with van der Waals surface area (Å²) in [6.07, 6.45) is 2.16. The quantitative estimate of drug-likeness (QED) is 0.543. The highest BCUT2D eigenvalue weighted by molar-refractivity contribution is 5.93. The van der Waals surface area contributed by atoms with E-state index in [2.05, 4.69) is 54.1 Å². The van der Waals surface area contributed by atoms with E-state index in [9.17, 15) is 4.79 Å². The summed E-state index contributed by atoms with van der Waals surface area (Å²) in [7, 11) is 0. The molecule has 3 aromatic rings. The number of H-pyrrole nitrogens is 1. The molecule has 0 atom stereocenters. The summed E-state index contributed by atoms with van der Waals surface area (Å²) in [6.45, 7) is 10.2. The van der Waals surface area contributed by atoms with E-state index in [0.717, 1.165) is 49.5 Å². The van der Waals surface area contributed by atoms with Crippen molar-refractivity contribution in [1.82, 2.24) is 15.1 Å². The lowest BCUT2D eigenvalue weighted by atomic mass is 10.1. The van der Waals surface area contributed by atoms with Gasteiger partial charge in [-0.05, 0) is 67.8 Å². The molecule has 1 N–H and O–H groups in total. The lowest BCUT2D eigenvalue weighted by molar-refractivity contribution is 0.0741. The summed E-state index contributed by atoms with van der Waals surface area (Å²) < 4.78 is 5.72. The fourth-order valence-corrected chi connectivity index (χ4v) is 4.03. The van der Waals surface area contributed by atoms with Crippen molar-refractivity contribution in [2.24, 2.45) is 0 Å². The molecule has 4 rings (SSSR count). The number of piperazine rings is 1. The number of rotatable bonds is 7. The molecule has 6 nitrogen and oxygen atoms in total. The number of unbranched alkanes of at least 4 members (excludes halogenated alkanes) is 1. The van der Waals surface area contributed by atoms with Crippen LogP contribution in [0.4, 0.5) is 5.69 Å². The Morgan fingerprint density at radius 2 is 1.81 bits per heavy atom. The van der Waals surface area contributed by atoms with Crippen LogP contribution in [0.25, 0.3) is 11.3 Å². The zero-order valence-corrected chi connectivity index (χ0v) is 19.2. The molecule has 2 aromatic carbocycles. The van der Waals surface area contributed by atoms with Crippen LogP contribution in [0, 0.1) is 13.8 Å². The molecule has 0 aliphatic carbocycles. The highest BCUT2D eigenvalue weighted by Gasteiger charge is 2.24. The zero-order chi connectivity index (χ0) is 22.5. The first kappa shape index (κ1) is 21.9. The van der Waals surface area contributed by atoms with Crippen LogP contribution < -0.4 is 9.64 Å². The molecule has 0 saturated carbocycles. The van der Waals surface area contributed by atoms with Crippen LogP contribution in [0.5, 0.6) is 5.75 Å². The molecule has 1 fully saturated rings. The number of nitrogens with zero attached hydrogens (tertiary/aromatic N) is 3. The van der Waals surface area contributed by atoms with Gasteiger partial charge in [0.25, 0.3) is 5.91 Å². The summed E-state index contributed by atoms with van der Waals surface area (Å²) in [5.74, 6) is 0.861. The predicted molar refractivity (Wildman–Crippen MR) is 128 cm³/mol. The van der Waals surface area contributed by atoms with Crippen molar-refractivity contribution in [2.75, 3.05) is 37.7 Å². The maximum atomic E-state index is 13.0. The minimum atomic E-state index is 0.00360. The van der Waals surface area contributed by atoms with Crippen molar-refractivity contribution in [3.05, 3.63) is 65.4 Å². The van der Waals surface area contributed by atoms with Gasteiger partial charge in [0.1, 0.15) is 11.4 Å². The number of nitrogens with one attached hydrogen (secondary N) is 1. The average molecular weight is 433 g/mol. The molecule has 6 heteroatoms. The van der Waals surface area contributed by atoms with Crippen LogP contribution in [0.2, 0.25) is 0 Å². The number of aromatic nitrogens is 2. The second-order valence-electron chi connectivity index (χ2n) is 8.39. The van der Waals surface area contributed by atoms with Gasteiger partial charge in [0.2, 0.25) is 0 Å². The first-order valence-corrected chi connectivity index (χ1v) is 11.5. The molecule has 1 aromatic heterocycles. The number of ether oxygens (including phenoxy) is 1. The molecular weight excluding hydrogens is 400 g/mol. The first-order valence-electron chi connectivity index (χ1n) is 11.5. The summed E-state index contributed by atoms with van der Waals surface area (Å²) >= 11 is 0. The van der Waals surface area contributed by atoms with E-state index in [-0.39, 0.29) is 5.91 Å². The third-order valence-electron chi connectivity index (χ3n) is 6.21. The highest BCUT2D eigenvalue weighted by Crippen LogP contribution is 2.25. The molecule has 0 spiro atoms. The highest BCUT2D eigenvalue weighted by atomic mass is 16.5. The minimum Gasteiger partial charge on any atom is -0.494 e. The van der Waals surface area contributed by atoms with Crippen molar-refractivity contribution in [3.8, 4) is 17.0 Å². The molecule has 1 saturated heterocycles. The summed E-state index contributed by atoms with van der Waals surface area (Å²) in [5.41, 5.74) is 6.13. The number of hydrogen-bond donors (Lipinski definition) is 1. The fraction of sp³-hybridized carbons (Fsp3) is 0.385. The molecule has 32 heavy (non-hydrogen) atoms. The molecule has 1 amide bonds. The van der Waals surface area contributed by atoms with Gasteiger partial charge >= 0.3 is 0 Å². The Morgan fingerprint density at radius 1 is 1.06 bits per heavy atom. The minimum absolute atomic E-state index is 0.00360. The maximum Gasteiger partial charge on any atom is 0.272 e. The topological polar surface area (TPSA) is 61.5 Å². The number of hydrogen-bond acceptors (Lipinski definition) is 4. The SMILES string of the molecule is CCCCOc1ccc(-c2cc(C(=O)N3CCN(c4cccc(C)c4C)CC3)[nH]n2)cc1. The van der Waals surface area contributed by atoms with Gasteiger partial charge in [0, 0.05) is 37.4 Å². The number of aromatic amines is 1. The number of carbonyl (C=O) groups is 1. The Balaban J connectivity index is 1.36. The second kappa shape index (κ2) is 9.90. The van der Waals surface area contributed by atoms with Gasteiger partial charge in [-0.15, -0.1) is 0 Å². The Bertz CT molecular complexity index is 1050. The van der Waals surface area contributed by atoms with Gasteiger partial charge in [-0.2, -0.15) is 5.10 Å². The lowest BCUT2D eigenvalue weighted by Crippen LogP contribution is -2.49. The molecule has 0 radical (unpaired) electrons. The third-order valence-corrected chi connectivity index (χ3v) is 6.21. The van der Waals surface area contributed by atoms with Gasteiger partial charge in [-0.25, -0.2) is 0 Å². The third kappa shape index (κ3) is 4.79. The molecule has 1 aliphatic rings. The molecule has 168 valence electrons. The van der Waals surface area contributed by atoms with E-state index in [1.807, 2.05) is 35.2 Å². The van der Waals surface area contributed by atoms with Crippen LogP contribution >= 0.6 is 0 Å². The predicted octanol–water partition coefficient (Wildman–Crippen LogP) is 4.83. The fourth-order valence-electron chi connectivity index (χ4n) is 4.03. The number of amides is 1. The normalized spacial score (nSPS) is 14.0. The summed E-state index contributed by atoms with van der Waals surface area (Å²) in [4.78, 5) is 17.3. The average Bonchev–Trinajstić information content (AvgIpc) is 3.31. The van der Waals surface area contributed by atoms with Crippen molar-refractivity contribution < 1.29 is 9.53 Å². The van der Waals surface area contributed by atoms with Gasteiger partial charge in [-0.1, -0.05) is 25.5 Å². The van der Waals surface area contributed by atoms with Crippen molar-refractivity contribution in [1.29, 1.82) is 0 Å². The van der Waals surface area contributed by atoms with E-state index >= 15 is 0 Å². The standard InChI is InChI=1S/C26H32N4O2/c1-4-5-17-32-22-11-9-21(10-12-22)23-18-24(28-27-23)26(31)30-15-13-29(14-16-30)25-8-6-7-19(2)20(25)3/h6-12,18H,4-5,13-17H2,1-3H3,(H,27,28). The molecule has 0 unspecified atom stereocenters. The van der Waals surface area contributed by atoms with Crippen LogP contribution in [0.1, 0.15) is 41.4 Å². The summed E-state index contributed by atoms with van der Waals surface area (Å²) in [5, 5.41) is 7.30. The zero-order valence-electron chi connectivity index (χ0n) is 19.2. The Labute approximate surface area is 190 Å². The van der Waals surface area contributed by atoms with Crippen molar-refractivity contribution >= 4 is 11.6 Å². The van der Waals surface area contributed by atoms with Crippen LogP contribution in [-0.4, -0.2) is 53.8 Å². The number of anilines is 1. The molecule has 2 heterocycles. The second-order valence-corrected chi connectivity index (χ2v) is 8.39. The Morgan fingerprint density at radius 3 is 2.53 bits per heavy atom. The van der Waals surface area contributed by atoms with E-state index in [4.69, 9.17) is 4.74 Å². The molecule has 1 aliphatic heterocycles. The van der Waals surface area contributed by atoms with Crippen LogP contribution in [0.3, 0.4) is 0 Å². The lowest BCUT2D eigenvalue weighted by Gasteiger charge is -2.36. The van der Waals surface area contributed by atoms with Crippen LogP contribution in [-0.2, 0) is 0 Å². The van der Waals surface area contributed by atoms with Gasteiger partial charge in [0.05, 0.1) is 12.3 Å². The largest absolute Gasteiger partial charge is 0.494 e. The molecular formula is C26H32N4O2. The van der Waals surface area contributed by atoms with Crippen molar-refractivity contribution in [3.63, 3.8) is 0 Å². The maximum absolute atomic E-state index is 13.0. The Hall–Kier alpha value is -3.28. The number of benzene rings is 2. The van der Waals surface area contributed by atoms with Gasteiger partial charge < -0.3 is 14.5 Å². The van der Waals surface area contributed by atoms with E-state index < -0.39 is 0 Å². The van der Waals surface area contributed by atoms with E-state index in [1.54, 1.807) is 0 Å². The first-order chi connectivity index (χ1) is 15.6. The monoisotopic (exact) mass is 432 g/mol. The summed E-state index contributed by atoms with van der Waals surface area (Å²) in [6, 6.07) is 16.1. The van der Waals surface area contributed by atoms with E-state index in [0.29, 0.717) is 18.8 Å². The Kier molecular flexibility index (Phi) is 6.78. The van der Waals surface area contributed by atoms with Crippen LogP contribution in [0.15, 0.2) is 48.5 Å². The number of carbonyl (C=O) groups excluding carboxylic acids is 1. The number of aryl methyl sites for hydroxylation is 1. The van der Waals surface area contributed by atoms with Gasteiger partial charge in [0.15, 0.2) is 0 Å². The van der Waals surface area contributed by atoms with E-state index in [1.165, 1.54) is 16.8 Å². The van der Waals surface area contributed by atoms with Crippen molar-refractivity contribution in [2.45, 2.75) is 33.6 Å². The molecule has 0 bridgehead atoms. The smallest absolute Gasteiger partial charge is 0.272 e. The van der Waals surface area contributed by atoms with Gasteiger partial charge in [-0.3, -0.25) is 9.89 Å².